The van der Waals surface area contributed by atoms with Crippen LogP contribution in [0, 0.1) is 5.92 Å². The highest BCUT2D eigenvalue weighted by molar-refractivity contribution is 9.10. The Morgan fingerprint density at radius 1 is 1.39 bits per heavy atom. The molecule has 0 heterocycles. The van der Waals surface area contributed by atoms with Crippen LogP contribution in [0.1, 0.15) is 19.3 Å². The maximum Gasteiger partial charge on any atom is 0.223 e. The second-order valence-electron chi connectivity index (χ2n) is 5.48. The largest absolute Gasteiger partial charge is 0.493 e. The van der Waals surface area contributed by atoms with E-state index in [2.05, 4.69) is 21.2 Å². The number of carbonyl (C=O) groups is 1. The van der Waals surface area contributed by atoms with E-state index in [1.165, 1.54) is 0 Å². The number of thioether (sulfide) groups is 1. The van der Waals surface area contributed by atoms with Crippen LogP contribution in [0.15, 0.2) is 28.7 Å². The van der Waals surface area contributed by atoms with Gasteiger partial charge in [0.25, 0.3) is 0 Å². The molecule has 7 heteroatoms. The minimum absolute atomic E-state index is 0. The van der Waals surface area contributed by atoms with Gasteiger partial charge in [-0.05, 0) is 37.5 Å². The van der Waals surface area contributed by atoms with Crippen molar-refractivity contribution in [1.82, 2.24) is 5.32 Å². The quantitative estimate of drug-likeness (QED) is 0.630. The van der Waals surface area contributed by atoms with Gasteiger partial charge < -0.3 is 15.8 Å². The van der Waals surface area contributed by atoms with Gasteiger partial charge in [-0.15, -0.1) is 12.4 Å². The first-order valence-corrected chi connectivity index (χ1v) is 9.59. The second-order valence-corrected chi connectivity index (χ2v) is 7.62. The van der Waals surface area contributed by atoms with E-state index in [4.69, 9.17) is 10.5 Å². The van der Waals surface area contributed by atoms with Crippen LogP contribution in [0.2, 0.25) is 0 Å². The van der Waals surface area contributed by atoms with E-state index in [0.29, 0.717) is 13.2 Å². The third-order valence-electron chi connectivity index (χ3n) is 3.68. The molecule has 130 valence electrons. The van der Waals surface area contributed by atoms with Gasteiger partial charge in [0, 0.05) is 34.5 Å². The van der Waals surface area contributed by atoms with Crippen LogP contribution in [0.4, 0.5) is 0 Å². The highest BCUT2D eigenvalue weighted by Gasteiger charge is 2.27. The fourth-order valence-corrected chi connectivity index (χ4v) is 3.55. The molecule has 0 bridgehead atoms. The van der Waals surface area contributed by atoms with Crippen molar-refractivity contribution in [2.45, 2.75) is 25.3 Å². The van der Waals surface area contributed by atoms with E-state index in [-0.39, 0.29) is 30.3 Å². The zero-order valence-electron chi connectivity index (χ0n) is 13.0. The van der Waals surface area contributed by atoms with E-state index in [9.17, 15) is 4.79 Å². The summed E-state index contributed by atoms with van der Waals surface area (Å²) in [6.45, 7) is 1.39. The summed E-state index contributed by atoms with van der Waals surface area (Å²) in [4.78, 5) is 11.9. The summed E-state index contributed by atoms with van der Waals surface area (Å²) in [6.07, 6.45) is 2.74. The third-order valence-corrected chi connectivity index (χ3v) is 5.12. The average Bonchev–Trinajstić information content (AvgIpc) is 2.93. The topological polar surface area (TPSA) is 64.4 Å². The van der Waals surface area contributed by atoms with Crippen molar-refractivity contribution in [3.05, 3.63) is 28.7 Å². The number of benzene rings is 1. The average molecular weight is 424 g/mol. The Labute approximate surface area is 156 Å². The normalized spacial score (nSPS) is 19.9. The Morgan fingerprint density at radius 2 is 2.22 bits per heavy atom. The van der Waals surface area contributed by atoms with Crippen molar-refractivity contribution >= 4 is 46.0 Å². The van der Waals surface area contributed by atoms with Crippen molar-refractivity contribution in [2.24, 2.45) is 11.7 Å². The lowest BCUT2D eigenvalue weighted by Crippen LogP contribution is -2.32. The van der Waals surface area contributed by atoms with E-state index in [1.807, 2.05) is 24.3 Å². The lowest BCUT2D eigenvalue weighted by atomic mass is 10.1. The number of ether oxygens (including phenoxy) is 1. The third kappa shape index (κ3) is 7.79. The van der Waals surface area contributed by atoms with Gasteiger partial charge in [0.1, 0.15) is 5.75 Å². The molecule has 1 fully saturated rings. The Hall–Kier alpha value is -0.430. The van der Waals surface area contributed by atoms with E-state index < -0.39 is 0 Å². The van der Waals surface area contributed by atoms with Gasteiger partial charge >= 0.3 is 0 Å². The van der Waals surface area contributed by atoms with Gasteiger partial charge in [-0.25, -0.2) is 0 Å². The second kappa shape index (κ2) is 11.2. The fraction of sp³-hybridized carbons (Fsp3) is 0.562. The first-order valence-electron chi connectivity index (χ1n) is 7.64. The van der Waals surface area contributed by atoms with Crippen LogP contribution in [0.3, 0.4) is 0 Å². The van der Waals surface area contributed by atoms with Crippen LogP contribution in [0.25, 0.3) is 0 Å². The molecule has 0 aromatic heterocycles. The number of nitrogens with one attached hydrogen (secondary N) is 1. The summed E-state index contributed by atoms with van der Waals surface area (Å²) in [5.74, 6) is 2.99. The van der Waals surface area contributed by atoms with Crippen LogP contribution in [-0.2, 0) is 4.79 Å². The number of nitrogens with two attached hydrogens (primary N) is 1. The number of hydrogen-bond donors (Lipinski definition) is 2. The van der Waals surface area contributed by atoms with Crippen LogP contribution in [0.5, 0.6) is 5.75 Å². The van der Waals surface area contributed by atoms with Gasteiger partial charge in [-0.1, -0.05) is 22.0 Å². The molecule has 2 atom stereocenters. The number of halogens is 2. The van der Waals surface area contributed by atoms with Crippen molar-refractivity contribution in [3.63, 3.8) is 0 Å². The minimum Gasteiger partial charge on any atom is -0.493 e. The zero-order chi connectivity index (χ0) is 15.8. The maximum absolute atomic E-state index is 11.9. The van der Waals surface area contributed by atoms with Gasteiger partial charge in [-0.2, -0.15) is 11.8 Å². The van der Waals surface area contributed by atoms with Crippen LogP contribution in [-0.4, -0.2) is 36.6 Å². The molecular formula is C16H24BrClN2O2S. The number of carbonyl (C=O) groups excluding carboxylic acids is 1. The van der Waals surface area contributed by atoms with Gasteiger partial charge in [0.05, 0.1) is 6.61 Å². The van der Waals surface area contributed by atoms with Gasteiger partial charge in [0.15, 0.2) is 0 Å². The van der Waals surface area contributed by atoms with E-state index in [0.717, 1.165) is 41.0 Å². The SMILES string of the molecule is Cl.NC1CCC(C(=O)NCCSCCOc2cccc(Br)c2)C1. The molecule has 3 N–H and O–H groups in total. The molecule has 2 rings (SSSR count). The Kier molecular flexibility index (Phi) is 10.0. The van der Waals surface area contributed by atoms with Crippen molar-refractivity contribution < 1.29 is 9.53 Å². The molecule has 1 saturated carbocycles. The molecular weight excluding hydrogens is 400 g/mol. The Balaban J connectivity index is 0.00000264. The molecule has 23 heavy (non-hydrogen) atoms. The summed E-state index contributed by atoms with van der Waals surface area (Å²) in [5.41, 5.74) is 5.83. The molecule has 1 aliphatic rings. The molecule has 4 nitrogen and oxygen atoms in total. The summed E-state index contributed by atoms with van der Waals surface area (Å²) < 4.78 is 6.68. The Morgan fingerprint density at radius 3 is 2.91 bits per heavy atom. The predicted octanol–water partition coefficient (Wildman–Crippen LogP) is 3.23. The zero-order valence-corrected chi connectivity index (χ0v) is 16.2. The Bertz CT molecular complexity index is 493. The molecule has 1 aromatic carbocycles. The molecule has 0 aliphatic heterocycles. The summed E-state index contributed by atoms with van der Waals surface area (Å²) >= 11 is 5.20. The van der Waals surface area contributed by atoms with Crippen molar-refractivity contribution in [1.29, 1.82) is 0 Å². The predicted molar refractivity (Wildman–Crippen MR) is 103 cm³/mol. The molecule has 1 aromatic rings. The summed E-state index contributed by atoms with van der Waals surface area (Å²) in [6, 6.07) is 8.04. The highest BCUT2D eigenvalue weighted by atomic mass is 79.9. The molecule has 1 amide bonds. The summed E-state index contributed by atoms with van der Waals surface area (Å²) in [7, 11) is 0. The highest BCUT2D eigenvalue weighted by Crippen LogP contribution is 2.24. The van der Waals surface area contributed by atoms with Crippen molar-refractivity contribution in [3.8, 4) is 5.75 Å². The molecule has 0 saturated heterocycles. The van der Waals surface area contributed by atoms with E-state index in [1.54, 1.807) is 11.8 Å². The van der Waals surface area contributed by atoms with Crippen LogP contribution < -0.4 is 15.8 Å². The number of rotatable bonds is 8. The first-order chi connectivity index (χ1) is 10.6. The van der Waals surface area contributed by atoms with Crippen LogP contribution >= 0.6 is 40.1 Å². The lowest BCUT2D eigenvalue weighted by molar-refractivity contribution is -0.124. The van der Waals surface area contributed by atoms with Crippen molar-refractivity contribution in [2.75, 3.05) is 24.7 Å². The molecule has 1 aliphatic carbocycles. The fourth-order valence-electron chi connectivity index (χ4n) is 2.52. The molecule has 0 radical (unpaired) electrons. The maximum atomic E-state index is 11.9. The monoisotopic (exact) mass is 422 g/mol. The summed E-state index contributed by atoms with van der Waals surface area (Å²) in [5, 5.41) is 3.00. The molecule has 0 spiro atoms. The van der Waals surface area contributed by atoms with E-state index >= 15 is 0 Å². The number of hydrogen-bond acceptors (Lipinski definition) is 4. The minimum atomic E-state index is 0. The first kappa shape index (κ1) is 20.6. The number of amides is 1. The van der Waals surface area contributed by atoms with Gasteiger partial charge in [0.2, 0.25) is 5.91 Å². The smallest absolute Gasteiger partial charge is 0.223 e. The van der Waals surface area contributed by atoms with Gasteiger partial charge in [-0.3, -0.25) is 4.79 Å². The standard InChI is InChI=1S/C16H23BrN2O2S.ClH/c17-13-2-1-3-15(11-13)21-7-9-22-8-6-19-16(20)12-4-5-14(18)10-12;/h1-3,11-12,14H,4-10,18H2,(H,19,20);1H. The lowest BCUT2D eigenvalue weighted by Gasteiger charge is -2.10. The molecule has 2 unspecified atom stereocenters.